The van der Waals surface area contributed by atoms with Gasteiger partial charge in [0, 0.05) is 5.57 Å². The van der Waals surface area contributed by atoms with Gasteiger partial charge in [0.1, 0.15) is 12.0 Å². The smallest absolute Gasteiger partial charge is 0.402 e. The van der Waals surface area contributed by atoms with Crippen LogP contribution in [0.5, 0.6) is 0 Å². The molecular formula is C40H33F3O2. The predicted molar refractivity (Wildman–Crippen MR) is 177 cm³/mol. The molecule has 6 aromatic carbocycles. The van der Waals surface area contributed by atoms with Gasteiger partial charge in [-0.1, -0.05) is 106 Å². The summed E-state index contributed by atoms with van der Waals surface area (Å²) in [5.41, 5.74) is 2.86. The second kappa shape index (κ2) is 9.68. The molecule has 45 heavy (non-hydrogen) atoms. The molecule has 2 nitrogen and oxygen atoms in total. The van der Waals surface area contributed by atoms with Gasteiger partial charge in [-0.25, -0.2) is 4.79 Å². The maximum atomic E-state index is 15.1. The molecule has 1 aliphatic carbocycles. The maximum absolute atomic E-state index is 15.1. The Morgan fingerprint density at radius 1 is 0.756 bits per heavy atom. The molecule has 1 atom stereocenters. The number of hydrogen-bond donors (Lipinski definition) is 0. The fraction of sp³-hybridized carbons (Fsp3) is 0.225. The van der Waals surface area contributed by atoms with E-state index in [2.05, 4.69) is 69.8 Å². The Morgan fingerprint density at radius 3 is 1.98 bits per heavy atom. The van der Waals surface area contributed by atoms with Gasteiger partial charge in [-0.2, -0.15) is 13.2 Å². The third-order valence-electron chi connectivity index (χ3n) is 9.53. The first kappa shape index (κ1) is 29.1. The number of esters is 1. The van der Waals surface area contributed by atoms with Crippen LogP contribution in [0.25, 0.3) is 54.6 Å². The van der Waals surface area contributed by atoms with Crippen LogP contribution in [0.4, 0.5) is 13.2 Å². The average molecular weight is 603 g/mol. The Balaban J connectivity index is 1.39. The Morgan fingerprint density at radius 2 is 1.33 bits per heavy atom. The summed E-state index contributed by atoms with van der Waals surface area (Å²) in [6.07, 6.45) is -4.56. The first-order chi connectivity index (χ1) is 21.2. The van der Waals surface area contributed by atoms with Crippen LogP contribution in [0, 0.1) is 0 Å². The van der Waals surface area contributed by atoms with Gasteiger partial charge < -0.3 is 4.74 Å². The van der Waals surface area contributed by atoms with Gasteiger partial charge in [-0.3, -0.25) is 0 Å². The predicted octanol–water partition coefficient (Wildman–Crippen LogP) is 11.0. The molecule has 226 valence electrons. The second-order valence-electron chi connectivity index (χ2n) is 13.6. The van der Waals surface area contributed by atoms with Crippen LogP contribution in [0.1, 0.15) is 56.9 Å². The van der Waals surface area contributed by atoms with E-state index >= 15 is 13.2 Å². The minimum Gasteiger partial charge on any atom is -0.457 e. The molecule has 0 saturated carbocycles. The van der Waals surface area contributed by atoms with E-state index in [0.29, 0.717) is 16.7 Å². The number of benzene rings is 6. The van der Waals surface area contributed by atoms with Crippen molar-refractivity contribution in [1.82, 2.24) is 0 Å². The molecule has 5 heteroatoms. The quantitative estimate of drug-likeness (QED) is 0.114. The molecule has 0 radical (unpaired) electrons. The third-order valence-corrected chi connectivity index (χ3v) is 9.53. The monoisotopic (exact) mass is 602 g/mol. The van der Waals surface area contributed by atoms with Crippen LogP contribution < -0.4 is 0 Å². The highest BCUT2D eigenvalue weighted by atomic mass is 19.4. The Bertz CT molecular complexity index is 2180. The molecule has 7 rings (SSSR count). The average Bonchev–Trinajstić information content (AvgIpc) is 3.25. The van der Waals surface area contributed by atoms with Gasteiger partial charge in [0.05, 0.1) is 0 Å². The van der Waals surface area contributed by atoms with Gasteiger partial charge >= 0.3 is 12.1 Å². The van der Waals surface area contributed by atoms with E-state index in [1.54, 1.807) is 18.2 Å². The largest absolute Gasteiger partial charge is 0.457 e. The lowest BCUT2D eigenvalue weighted by Crippen LogP contribution is -2.39. The summed E-state index contributed by atoms with van der Waals surface area (Å²) in [7, 11) is 0. The highest BCUT2D eigenvalue weighted by Crippen LogP contribution is 2.57. The van der Waals surface area contributed by atoms with Gasteiger partial charge in [0.2, 0.25) is 0 Å². The number of alkyl halides is 3. The molecule has 0 amide bonds. The Kier molecular flexibility index (Phi) is 6.26. The van der Waals surface area contributed by atoms with E-state index in [-0.39, 0.29) is 28.7 Å². The fourth-order valence-electron chi connectivity index (χ4n) is 6.92. The second-order valence-corrected chi connectivity index (χ2v) is 13.6. The zero-order valence-electron chi connectivity index (χ0n) is 25.9. The molecule has 0 fully saturated rings. The van der Waals surface area contributed by atoms with E-state index in [0.717, 1.165) is 38.1 Å². The summed E-state index contributed by atoms with van der Waals surface area (Å²) in [4.78, 5) is 11.9. The lowest BCUT2D eigenvalue weighted by Gasteiger charge is -2.30. The van der Waals surface area contributed by atoms with Crippen LogP contribution in [-0.2, 0) is 27.0 Å². The molecular weight excluding hydrogens is 569 g/mol. The highest BCUT2D eigenvalue weighted by Gasteiger charge is 2.58. The summed E-state index contributed by atoms with van der Waals surface area (Å²) in [5.74, 6) is -0.579. The molecule has 0 N–H and O–H groups in total. The first-order valence-corrected chi connectivity index (χ1v) is 15.1. The number of ether oxygens (including phenoxy) is 1. The molecule has 0 aliphatic heterocycles. The van der Waals surface area contributed by atoms with Crippen molar-refractivity contribution in [2.45, 2.75) is 58.2 Å². The van der Waals surface area contributed by atoms with Gasteiger partial charge in [0.15, 0.2) is 0 Å². The van der Waals surface area contributed by atoms with Crippen molar-refractivity contribution < 1.29 is 22.7 Å². The molecule has 1 unspecified atom stereocenters. The number of halogens is 3. The van der Waals surface area contributed by atoms with Crippen LogP contribution in [0.2, 0.25) is 0 Å². The standard InChI is InChI=1S/C40H33F3O2/c1-22(2)37(44)45-21-23-7-13-30-31-15-11-25(20-34(31)39(6,33(30)17-23)40(41,42)43)29-14-10-24-8-9-26-18-28(38(3,4)5)19-27-12-16-32(29)36(24)35(26)27/h7-20H,1,21H2,2-6H3. The molecule has 0 spiro atoms. The van der Waals surface area contributed by atoms with Crippen molar-refractivity contribution in [1.29, 1.82) is 0 Å². The minimum absolute atomic E-state index is 0.00140. The number of hydrogen-bond acceptors (Lipinski definition) is 2. The zero-order valence-corrected chi connectivity index (χ0v) is 25.9. The minimum atomic E-state index is -4.56. The van der Waals surface area contributed by atoms with Crippen LogP contribution in [-0.4, -0.2) is 12.1 Å². The SMILES string of the molecule is C=C(C)C(=O)OCc1ccc2c(c1)C(C)(C(F)(F)F)c1cc(-c3ccc4ccc5cc(C(C)(C)C)cc6ccc3c4c56)ccc1-2. The van der Waals surface area contributed by atoms with Crippen molar-refractivity contribution >= 4 is 38.3 Å². The van der Waals surface area contributed by atoms with Crippen LogP contribution >= 0.6 is 0 Å². The number of rotatable bonds is 4. The molecule has 1 aliphatic rings. The lowest BCUT2D eigenvalue weighted by atomic mass is 9.78. The number of carbonyl (C=O) groups excluding carboxylic acids is 1. The lowest BCUT2D eigenvalue weighted by molar-refractivity contribution is -0.172. The summed E-state index contributed by atoms with van der Waals surface area (Å²) >= 11 is 0. The van der Waals surface area contributed by atoms with Crippen molar-refractivity contribution in [3.8, 4) is 22.3 Å². The normalized spacial score (nSPS) is 16.4. The Labute approximate surface area is 260 Å². The molecule has 0 heterocycles. The summed E-state index contributed by atoms with van der Waals surface area (Å²) in [5, 5.41) is 6.73. The molecule has 0 bridgehead atoms. The third kappa shape index (κ3) is 4.35. The van der Waals surface area contributed by atoms with Gasteiger partial charge in [-0.15, -0.1) is 0 Å². The fourth-order valence-corrected chi connectivity index (χ4v) is 6.92. The Hall–Kier alpha value is -4.64. The van der Waals surface area contributed by atoms with E-state index < -0.39 is 17.6 Å². The van der Waals surface area contributed by atoms with Gasteiger partial charge in [-0.05, 0) is 102 Å². The van der Waals surface area contributed by atoms with Gasteiger partial charge in [0.25, 0.3) is 0 Å². The van der Waals surface area contributed by atoms with Crippen molar-refractivity contribution in [2.24, 2.45) is 0 Å². The van der Waals surface area contributed by atoms with E-state index in [1.807, 2.05) is 18.2 Å². The van der Waals surface area contributed by atoms with Crippen molar-refractivity contribution in [2.75, 3.05) is 0 Å². The topological polar surface area (TPSA) is 26.3 Å². The van der Waals surface area contributed by atoms with Crippen LogP contribution in [0.3, 0.4) is 0 Å². The van der Waals surface area contributed by atoms with E-state index in [4.69, 9.17) is 4.74 Å². The summed E-state index contributed by atoms with van der Waals surface area (Å²) in [6.45, 7) is 12.8. The van der Waals surface area contributed by atoms with Crippen LogP contribution in [0.15, 0.2) is 97.1 Å². The molecule has 0 aromatic heterocycles. The zero-order chi connectivity index (χ0) is 32.1. The first-order valence-electron chi connectivity index (χ1n) is 15.1. The van der Waals surface area contributed by atoms with Crippen molar-refractivity contribution in [3.05, 3.63) is 119 Å². The summed E-state index contributed by atoms with van der Waals surface area (Å²) in [6, 6.07) is 27.5. The van der Waals surface area contributed by atoms with E-state index in [9.17, 15) is 4.79 Å². The molecule has 0 saturated heterocycles. The molecule has 6 aromatic rings. The van der Waals surface area contributed by atoms with E-state index in [1.165, 1.54) is 30.9 Å². The number of carbonyl (C=O) groups is 1. The van der Waals surface area contributed by atoms with Crippen molar-refractivity contribution in [3.63, 3.8) is 0 Å². The maximum Gasteiger partial charge on any atom is 0.402 e. The highest BCUT2D eigenvalue weighted by molar-refractivity contribution is 6.25. The number of fused-ring (bicyclic) bond motifs is 3. The summed E-state index contributed by atoms with van der Waals surface area (Å²) < 4.78 is 50.6.